The number of rotatable bonds is 5. The SMILES string of the molecule is CN(CC=CC#CC(C)(C)C)Cc1cccc(C=O)c1. The highest BCUT2D eigenvalue weighted by Crippen LogP contribution is 2.09. The molecular formula is C18H23NO. The molecule has 0 saturated heterocycles. The first-order chi connectivity index (χ1) is 9.40. The van der Waals surface area contributed by atoms with Gasteiger partial charge in [-0.2, -0.15) is 0 Å². The van der Waals surface area contributed by atoms with E-state index in [-0.39, 0.29) is 5.41 Å². The van der Waals surface area contributed by atoms with E-state index in [2.05, 4.69) is 50.6 Å². The standard InChI is InChI=1S/C18H23NO/c1-18(2,3)11-6-5-7-12-19(4)14-16-9-8-10-17(13-16)15-20/h5,7-10,13,15H,12,14H2,1-4H3. The van der Waals surface area contributed by atoms with Crippen LogP contribution in [0.4, 0.5) is 0 Å². The molecule has 0 heterocycles. The lowest BCUT2D eigenvalue weighted by Gasteiger charge is -2.14. The van der Waals surface area contributed by atoms with Crippen molar-refractivity contribution in [3.8, 4) is 11.8 Å². The van der Waals surface area contributed by atoms with E-state index >= 15 is 0 Å². The van der Waals surface area contributed by atoms with Gasteiger partial charge in [0.15, 0.2) is 0 Å². The zero-order valence-corrected chi connectivity index (χ0v) is 12.8. The molecule has 2 heteroatoms. The van der Waals surface area contributed by atoms with Crippen molar-refractivity contribution >= 4 is 6.29 Å². The van der Waals surface area contributed by atoms with Crippen LogP contribution in [-0.2, 0) is 6.54 Å². The molecule has 0 N–H and O–H groups in total. The van der Waals surface area contributed by atoms with Gasteiger partial charge in [-0.25, -0.2) is 0 Å². The van der Waals surface area contributed by atoms with Crippen LogP contribution in [-0.4, -0.2) is 24.8 Å². The van der Waals surface area contributed by atoms with Crippen LogP contribution in [0.2, 0.25) is 0 Å². The lowest BCUT2D eigenvalue weighted by molar-refractivity contribution is 0.112. The van der Waals surface area contributed by atoms with Gasteiger partial charge < -0.3 is 0 Å². The van der Waals surface area contributed by atoms with Crippen molar-refractivity contribution < 1.29 is 4.79 Å². The Morgan fingerprint density at radius 3 is 2.70 bits per heavy atom. The molecule has 0 unspecified atom stereocenters. The Balaban J connectivity index is 2.47. The van der Waals surface area contributed by atoms with Crippen LogP contribution < -0.4 is 0 Å². The molecule has 0 aliphatic heterocycles. The molecule has 1 rings (SSSR count). The third-order valence-corrected chi connectivity index (χ3v) is 2.61. The highest BCUT2D eigenvalue weighted by Gasteiger charge is 2.02. The lowest BCUT2D eigenvalue weighted by Crippen LogP contribution is -2.17. The molecule has 106 valence electrons. The van der Waals surface area contributed by atoms with Crippen molar-refractivity contribution in [1.29, 1.82) is 0 Å². The number of aldehydes is 1. The second kappa shape index (κ2) is 7.67. The zero-order chi connectivity index (χ0) is 15.0. The van der Waals surface area contributed by atoms with E-state index in [0.717, 1.165) is 30.5 Å². The summed E-state index contributed by atoms with van der Waals surface area (Å²) in [6.07, 6.45) is 4.84. The zero-order valence-electron chi connectivity index (χ0n) is 12.8. The summed E-state index contributed by atoms with van der Waals surface area (Å²) in [5.41, 5.74) is 1.92. The Morgan fingerprint density at radius 2 is 2.05 bits per heavy atom. The van der Waals surface area contributed by atoms with Gasteiger partial charge >= 0.3 is 0 Å². The Labute approximate surface area is 122 Å². The van der Waals surface area contributed by atoms with Crippen molar-refractivity contribution in [1.82, 2.24) is 4.90 Å². The number of nitrogens with zero attached hydrogens (tertiary/aromatic N) is 1. The van der Waals surface area contributed by atoms with E-state index in [9.17, 15) is 4.79 Å². The maximum atomic E-state index is 10.7. The number of carbonyl (C=O) groups is 1. The molecular weight excluding hydrogens is 246 g/mol. The number of carbonyl (C=O) groups excluding carboxylic acids is 1. The molecule has 0 spiro atoms. The van der Waals surface area contributed by atoms with E-state index in [1.807, 2.05) is 30.3 Å². The average Bonchev–Trinajstić information content (AvgIpc) is 2.37. The molecule has 0 amide bonds. The monoisotopic (exact) mass is 269 g/mol. The predicted octanol–water partition coefficient (Wildman–Crippen LogP) is 3.54. The molecule has 0 aliphatic carbocycles. The van der Waals surface area contributed by atoms with E-state index < -0.39 is 0 Å². The molecule has 0 saturated carbocycles. The highest BCUT2D eigenvalue weighted by atomic mass is 16.1. The van der Waals surface area contributed by atoms with Crippen molar-refractivity contribution in [3.05, 3.63) is 47.5 Å². The molecule has 1 aromatic rings. The molecule has 2 nitrogen and oxygen atoms in total. The van der Waals surface area contributed by atoms with Crippen LogP contribution in [0.25, 0.3) is 0 Å². The minimum absolute atomic E-state index is 0.0471. The Bertz CT molecular complexity index is 526. The third kappa shape index (κ3) is 6.92. The fraction of sp³-hybridized carbons (Fsp3) is 0.389. The summed E-state index contributed by atoms with van der Waals surface area (Å²) in [6.45, 7) is 7.95. The second-order valence-electron chi connectivity index (χ2n) is 5.98. The number of likely N-dealkylation sites (N-methyl/N-ethyl adjacent to an activating group) is 1. The number of benzene rings is 1. The number of hydrogen-bond donors (Lipinski definition) is 0. The lowest BCUT2D eigenvalue weighted by atomic mass is 9.98. The summed E-state index contributed by atoms with van der Waals surface area (Å²) in [6, 6.07) is 7.69. The van der Waals surface area contributed by atoms with Gasteiger partial charge in [-0.15, -0.1) is 0 Å². The molecule has 0 fully saturated rings. The smallest absolute Gasteiger partial charge is 0.150 e. The average molecular weight is 269 g/mol. The van der Waals surface area contributed by atoms with Gasteiger partial charge in [-0.1, -0.05) is 36.1 Å². The fourth-order valence-corrected chi connectivity index (χ4v) is 1.69. The predicted molar refractivity (Wildman–Crippen MR) is 84.5 cm³/mol. The number of hydrogen-bond acceptors (Lipinski definition) is 2. The van der Waals surface area contributed by atoms with Crippen molar-refractivity contribution in [3.63, 3.8) is 0 Å². The van der Waals surface area contributed by atoms with E-state index in [4.69, 9.17) is 0 Å². The molecule has 0 aliphatic rings. The van der Waals surface area contributed by atoms with Gasteiger partial charge in [0.2, 0.25) is 0 Å². The molecule has 0 aromatic heterocycles. The van der Waals surface area contributed by atoms with E-state index in [0.29, 0.717) is 0 Å². The van der Waals surface area contributed by atoms with Crippen LogP contribution in [0.5, 0.6) is 0 Å². The topological polar surface area (TPSA) is 20.3 Å². The highest BCUT2D eigenvalue weighted by molar-refractivity contribution is 5.74. The van der Waals surface area contributed by atoms with Gasteiger partial charge in [-0.05, 0) is 45.5 Å². The largest absolute Gasteiger partial charge is 0.298 e. The maximum absolute atomic E-state index is 10.7. The van der Waals surface area contributed by atoms with Gasteiger partial charge in [0.1, 0.15) is 6.29 Å². The second-order valence-corrected chi connectivity index (χ2v) is 5.98. The Morgan fingerprint density at radius 1 is 1.30 bits per heavy atom. The fourth-order valence-electron chi connectivity index (χ4n) is 1.69. The Kier molecular flexibility index (Phi) is 6.21. The van der Waals surface area contributed by atoms with Crippen LogP contribution in [0.15, 0.2) is 36.4 Å². The van der Waals surface area contributed by atoms with Crippen LogP contribution >= 0.6 is 0 Å². The molecule has 1 aromatic carbocycles. The summed E-state index contributed by atoms with van der Waals surface area (Å²) >= 11 is 0. The van der Waals surface area contributed by atoms with Crippen molar-refractivity contribution in [2.24, 2.45) is 5.41 Å². The summed E-state index contributed by atoms with van der Waals surface area (Å²) in [5.74, 6) is 6.23. The minimum Gasteiger partial charge on any atom is -0.298 e. The van der Waals surface area contributed by atoms with Crippen molar-refractivity contribution in [2.75, 3.05) is 13.6 Å². The number of allylic oxidation sites excluding steroid dienone is 1. The normalized spacial score (nSPS) is 11.4. The van der Waals surface area contributed by atoms with Gasteiger partial charge in [0.25, 0.3) is 0 Å². The summed E-state index contributed by atoms with van der Waals surface area (Å²) < 4.78 is 0. The first-order valence-electron chi connectivity index (χ1n) is 6.81. The van der Waals surface area contributed by atoms with Gasteiger partial charge in [0.05, 0.1) is 0 Å². The Hall–Kier alpha value is -1.85. The summed E-state index contributed by atoms with van der Waals surface area (Å²) in [7, 11) is 2.05. The first kappa shape index (κ1) is 16.2. The maximum Gasteiger partial charge on any atom is 0.150 e. The summed E-state index contributed by atoms with van der Waals surface area (Å²) in [5, 5.41) is 0. The minimum atomic E-state index is 0.0471. The molecule has 0 atom stereocenters. The van der Waals surface area contributed by atoms with Gasteiger partial charge in [0, 0.05) is 24.1 Å². The first-order valence-corrected chi connectivity index (χ1v) is 6.81. The quantitative estimate of drug-likeness (QED) is 0.602. The van der Waals surface area contributed by atoms with Gasteiger partial charge in [-0.3, -0.25) is 9.69 Å². The van der Waals surface area contributed by atoms with Crippen LogP contribution in [0.1, 0.15) is 36.7 Å². The van der Waals surface area contributed by atoms with Crippen molar-refractivity contribution in [2.45, 2.75) is 27.3 Å². The third-order valence-electron chi connectivity index (χ3n) is 2.61. The molecule has 0 bridgehead atoms. The summed E-state index contributed by atoms with van der Waals surface area (Å²) in [4.78, 5) is 12.9. The van der Waals surface area contributed by atoms with E-state index in [1.54, 1.807) is 0 Å². The van der Waals surface area contributed by atoms with Crippen LogP contribution in [0.3, 0.4) is 0 Å². The van der Waals surface area contributed by atoms with Crippen LogP contribution in [0, 0.1) is 17.3 Å². The van der Waals surface area contributed by atoms with E-state index in [1.165, 1.54) is 0 Å². The molecule has 20 heavy (non-hydrogen) atoms. The molecule has 0 radical (unpaired) electrons.